The molecule has 0 rings (SSSR count). The summed E-state index contributed by atoms with van der Waals surface area (Å²) < 4.78 is 4.84. The first-order chi connectivity index (χ1) is 7.26. The Labute approximate surface area is 91.0 Å². The molecular formula is C10H19N3O2. The van der Waals surface area contributed by atoms with Gasteiger partial charge in [0, 0.05) is 26.7 Å². The summed E-state index contributed by atoms with van der Waals surface area (Å²) in [6.07, 6.45) is 0.387. The molecule has 5 nitrogen and oxygen atoms in total. The lowest BCUT2D eigenvalue weighted by atomic mass is 10.3. The van der Waals surface area contributed by atoms with Crippen LogP contribution >= 0.6 is 0 Å². The number of carbonyl (C=O) groups excluding carboxylic acids is 1. The number of likely N-dealkylation sites (N-methyl/N-ethyl adjacent to an activating group) is 1. The van der Waals surface area contributed by atoms with Crippen molar-refractivity contribution in [2.24, 2.45) is 0 Å². The molecule has 0 bridgehead atoms. The molecule has 0 fully saturated rings. The van der Waals surface area contributed by atoms with Crippen molar-refractivity contribution in [3.8, 4) is 6.07 Å². The molecule has 0 heterocycles. The van der Waals surface area contributed by atoms with Gasteiger partial charge >= 0.3 is 0 Å². The predicted molar refractivity (Wildman–Crippen MR) is 57.2 cm³/mol. The van der Waals surface area contributed by atoms with Gasteiger partial charge in [0.15, 0.2) is 0 Å². The molecule has 0 radical (unpaired) electrons. The van der Waals surface area contributed by atoms with E-state index in [-0.39, 0.29) is 5.91 Å². The number of nitrogens with one attached hydrogen (secondary N) is 1. The van der Waals surface area contributed by atoms with Gasteiger partial charge in [0.1, 0.15) is 0 Å². The predicted octanol–water partition coefficient (Wildman–Crippen LogP) is -0.0154. The summed E-state index contributed by atoms with van der Waals surface area (Å²) in [6.45, 7) is 4.63. The number of hydrogen-bond donors (Lipinski definition) is 1. The first-order valence-electron chi connectivity index (χ1n) is 5.10. The second-order valence-corrected chi connectivity index (χ2v) is 3.05. The number of amides is 1. The Kier molecular flexibility index (Phi) is 8.73. The van der Waals surface area contributed by atoms with E-state index in [4.69, 9.17) is 10.00 Å². The fraction of sp³-hybridized carbons (Fsp3) is 0.800. The van der Waals surface area contributed by atoms with Crippen molar-refractivity contribution in [2.75, 3.05) is 39.9 Å². The van der Waals surface area contributed by atoms with E-state index in [1.807, 2.05) is 13.0 Å². The summed E-state index contributed by atoms with van der Waals surface area (Å²) in [5.74, 6) is 0.0313. The molecule has 0 aliphatic rings. The molecule has 0 atom stereocenters. The van der Waals surface area contributed by atoms with Crippen molar-refractivity contribution in [1.29, 1.82) is 5.26 Å². The highest BCUT2D eigenvalue weighted by molar-refractivity contribution is 5.78. The molecule has 0 aromatic heterocycles. The summed E-state index contributed by atoms with van der Waals surface area (Å²) >= 11 is 0. The van der Waals surface area contributed by atoms with E-state index in [1.54, 1.807) is 12.0 Å². The van der Waals surface area contributed by atoms with Crippen LogP contribution in [0.15, 0.2) is 0 Å². The molecule has 1 N–H and O–H groups in total. The molecule has 0 saturated heterocycles. The molecule has 0 aliphatic carbocycles. The van der Waals surface area contributed by atoms with Gasteiger partial charge in [-0.1, -0.05) is 0 Å². The average Bonchev–Trinajstić information content (AvgIpc) is 2.25. The van der Waals surface area contributed by atoms with Crippen LogP contribution in [-0.4, -0.2) is 50.7 Å². The minimum Gasteiger partial charge on any atom is -0.383 e. The van der Waals surface area contributed by atoms with Crippen molar-refractivity contribution < 1.29 is 9.53 Å². The molecule has 0 saturated carbocycles. The Morgan fingerprint density at radius 2 is 2.33 bits per heavy atom. The van der Waals surface area contributed by atoms with Crippen molar-refractivity contribution in [1.82, 2.24) is 10.2 Å². The van der Waals surface area contributed by atoms with Crippen molar-refractivity contribution in [2.45, 2.75) is 13.3 Å². The van der Waals surface area contributed by atoms with Crippen LogP contribution in [0, 0.1) is 11.3 Å². The van der Waals surface area contributed by atoms with Gasteiger partial charge in [0.2, 0.25) is 5.91 Å². The molecule has 0 unspecified atom stereocenters. The van der Waals surface area contributed by atoms with E-state index >= 15 is 0 Å². The molecule has 0 aliphatic heterocycles. The van der Waals surface area contributed by atoms with Crippen LogP contribution in [0.1, 0.15) is 13.3 Å². The summed E-state index contributed by atoms with van der Waals surface area (Å²) in [7, 11) is 1.62. The van der Waals surface area contributed by atoms with Gasteiger partial charge in [0.05, 0.1) is 25.6 Å². The number of ether oxygens (including phenoxy) is 1. The summed E-state index contributed by atoms with van der Waals surface area (Å²) in [4.78, 5) is 13.2. The monoisotopic (exact) mass is 213 g/mol. The lowest BCUT2D eigenvalue weighted by molar-refractivity contribution is -0.130. The van der Waals surface area contributed by atoms with Crippen molar-refractivity contribution >= 4 is 5.91 Å². The van der Waals surface area contributed by atoms with E-state index in [9.17, 15) is 4.79 Å². The zero-order chi connectivity index (χ0) is 11.5. The highest BCUT2D eigenvalue weighted by atomic mass is 16.5. The second kappa shape index (κ2) is 9.44. The van der Waals surface area contributed by atoms with E-state index in [0.29, 0.717) is 39.2 Å². The normalized spacial score (nSPS) is 9.67. The Hall–Kier alpha value is -1.12. The van der Waals surface area contributed by atoms with Crippen LogP contribution in [0.2, 0.25) is 0 Å². The lowest BCUT2D eigenvalue weighted by Crippen LogP contribution is -2.39. The molecule has 0 aromatic rings. The van der Waals surface area contributed by atoms with Crippen LogP contribution in [0.5, 0.6) is 0 Å². The maximum atomic E-state index is 11.6. The molecule has 0 spiro atoms. The topological polar surface area (TPSA) is 65.4 Å². The first-order valence-corrected chi connectivity index (χ1v) is 5.10. The number of carbonyl (C=O) groups is 1. The Bertz CT molecular complexity index is 213. The van der Waals surface area contributed by atoms with Gasteiger partial charge in [-0.15, -0.1) is 0 Å². The van der Waals surface area contributed by atoms with Gasteiger partial charge < -0.3 is 15.0 Å². The van der Waals surface area contributed by atoms with Gasteiger partial charge in [0.25, 0.3) is 0 Å². The highest BCUT2D eigenvalue weighted by Crippen LogP contribution is 1.91. The zero-order valence-electron chi connectivity index (χ0n) is 9.45. The SMILES string of the molecule is CCN(CCC#N)C(=O)CNCCOC. The molecule has 15 heavy (non-hydrogen) atoms. The van der Waals surface area contributed by atoms with E-state index in [1.165, 1.54) is 0 Å². The first kappa shape index (κ1) is 13.9. The third kappa shape index (κ3) is 6.89. The number of hydrogen-bond acceptors (Lipinski definition) is 4. The van der Waals surface area contributed by atoms with Gasteiger partial charge in [-0.2, -0.15) is 5.26 Å². The second-order valence-electron chi connectivity index (χ2n) is 3.05. The number of nitriles is 1. The quantitative estimate of drug-likeness (QED) is 0.576. The highest BCUT2D eigenvalue weighted by Gasteiger charge is 2.09. The summed E-state index contributed by atoms with van der Waals surface area (Å²) in [5.41, 5.74) is 0. The third-order valence-electron chi connectivity index (χ3n) is 1.99. The average molecular weight is 213 g/mol. The van der Waals surface area contributed by atoms with Crippen LogP contribution < -0.4 is 5.32 Å². The fourth-order valence-corrected chi connectivity index (χ4v) is 1.13. The van der Waals surface area contributed by atoms with Gasteiger partial charge in [-0.3, -0.25) is 4.79 Å². The van der Waals surface area contributed by atoms with Gasteiger partial charge in [-0.25, -0.2) is 0 Å². The standard InChI is InChI=1S/C10H19N3O2/c1-3-13(7-4-5-11)10(14)9-12-6-8-15-2/h12H,3-4,6-9H2,1-2H3. The Morgan fingerprint density at radius 3 is 2.87 bits per heavy atom. The van der Waals surface area contributed by atoms with Crippen LogP contribution in [0.25, 0.3) is 0 Å². The molecule has 1 amide bonds. The molecule has 86 valence electrons. The van der Waals surface area contributed by atoms with E-state index in [0.717, 1.165) is 0 Å². The fourth-order valence-electron chi connectivity index (χ4n) is 1.13. The van der Waals surface area contributed by atoms with Crippen LogP contribution in [0.4, 0.5) is 0 Å². The smallest absolute Gasteiger partial charge is 0.236 e. The molecular weight excluding hydrogens is 194 g/mol. The van der Waals surface area contributed by atoms with Gasteiger partial charge in [-0.05, 0) is 6.92 Å². The van der Waals surface area contributed by atoms with E-state index in [2.05, 4.69) is 5.32 Å². The third-order valence-corrected chi connectivity index (χ3v) is 1.99. The summed E-state index contributed by atoms with van der Waals surface area (Å²) in [5, 5.41) is 11.4. The number of methoxy groups -OCH3 is 1. The van der Waals surface area contributed by atoms with Crippen LogP contribution in [0.3, 0.4) is 0 Å². The van der Waals surface area contributed by atoms with Crippen molar-refractivity contribution in [3.63, 3.8) is 0 Å². The largest absolute Gasteiger partial charge is 0.383 e. The summed E-state index contributed by atoms with van der Waals surface area (Å²) in [6, 6.07) is 2.03. The van der Waals surface area contributed by atoms with Crippen molar-refractivity contribution in [3.05, 3.63) is 0 Å². The minimum atomic E-state index is 0.0313. The Balaban J connectivity index is 3.69. The molecule has 5 heteroatoms. The minimum absolute atomic E-state index is 0.0313. The number of rotatable bonds is 8. The number of nitrogens with zero attached hydrogens (tertiary/aromatic N) is 2. The zero-order valence-corrected chi connectivity index (χ0v) is 9.45. The maximum absolute atomic E-state index is 11.6. The molecule has 0 aromatic carbocycles. The maximum Gasteiger partial charge on any atom is 0.236 e. The lowest BCUT2D eigenvalue weighted by Gasteiger charge is -2.19. The van der Waals surface area contributed by atoms with E-state index < -0.39 is 0 Å². The van der Waals surface area contributed by atoms with Crippen LogP contribution in [-0.2, 0) is 9.53 Å². The Morgan fingerprint density at radius 1 is 1.60 bits per heavy atom.